The van der Waals surface area contributed by atoms with E-state index in [-0.39, 0.29) is 5.82 Å². The van der Waals surface area contributed by atoms with Crippen LogP contribution in [0.1, 0.15) is 17.5 Å². The van der Waals surface area contributed by atoms with Crippen molar-refractivity contribution in [2.75, 3.05) is 12.9 Å². The minimum Gasteiger partial charge on any atom is -0.496 e. The van der Waals surface area contributed by atoms with Gasteiger partial charge in [-0.3, -0.25) is 0 Å². The normalized spacial score (nSPS) is 10.3. The SMILES string of the molecule is COc1cc(C)cc(F)c1CCCS. The third-order valence-corrected chi connectivity index (χ3v) is 2.42. The van der Waals surface area contributed by atoms with Crippen LogP contribution in [0.4, 0.5) is 4.39 Å². The van der Waals surface area contributed by atoms with Gasteiger partial charge in [0, 0.05) is 5.56 Å². The number of rotatable bonds is 4. The van der Waals surface area contributed by atoms with Crippen molar-refractivity contribution < 1.29 is 9.13 Å². The molecule has 78 valence electrons. The van der Waals surface area contributed by atoms with Crippen LogP contribution in [0, 0.1) is 12.7 Å². The number of methoxy groups -OCH3 is 1. The molecule has 3 heteroatoms. The molecule has 0 radical (unpaired) electrons. The molecule has 0 bridgehead atoms. The van der Waals surface area contributed by atoms with Crippen LogP contribution in [0.3, 0.4) is 0 Å². The fourth-order valence-corrected chi connectivity index (χ4v) is 1.58. The minimum atomic E-state index is -0.177. The second-order valence-corrected chi connectivity index (χ2v) is 3.70. The van der Waals surface area contributed by atoms with Crippen LogP contribution in [0.5, 0.6) is 5.75 Å². The lowest BCUT2D eigenvalue weighted by Gasteiger charge is -2.10. The zero-order valence-corrected chi connectivity index (χ0v) is 9.40. The molecule has 0 spiro atoms. The summed E-state index contributed by atoms with van der Waals surface area (Å²) in [6.07, 6.45) is 1.54. The maximum Gasteiger partial charge on any atom is 0.130 e. The molecule has 14 heavy (non-hydrogen) atoms. The van der Waals surface area contributed by atoms with Gasteiger partial charge in [0.25, 0.3) is 0 Å². The standard InChI is InChI=1S/C11H15FOS/c1-8-6-10(12)9(4-3-5-14)11(7-8)13-2/h6-7,14H,3-5H2,1-2H3. The summed E-state index contributed by atoms with van der Waals surface area (Å²) >= 11 is 4.11. The Morgan fingerprint density at radius 1 is 1.43 bits per heavy atom. The summed E-state index contributed by atoms with van der Waals surface area (Å²) in [7, 11) is 1.57. The first-order chi connectivity index (χ1) is 6.69. The number of hydrogen-bond donors (Lipinski definition) is 1. The smallest absolute Gasteiger partial charge is 0.130 e. The lowest BCUT2D eigenvalue weighted by molar-refractivity contribution is 0.403. The minimum absolute atomic E-state index is 0.177. The van der Waals surface area contributed by atoms with E-state index in [0.717, 1.165) is 17.7 Å². The van der Waals surface area contributed by atoms with E-state index in [9.17, 15) is 4.39 Å². The molecule has 0 aliphatic heterocycles. The van der Waals surface area contributed by atoms with Gasteiger partial charge >= 0.3 is 0 Å². The summed E-state index contributed by atoms with van der Waals surface area (Å²) in [6, 6.07) is 3.40. The van der Waals surface area contributed by atoms with Gasteiger partial charge < -0.3 is 4.74 Å². The lowest BCUT2D eigenvalue weighted by Crippen LogP contribution is -1.98. The van der Waals surface area contributed by atoms with E-state index >= 15 is 0 Å². The van der Waals surface area contributed by atoms with Gasteiger partial charge in [-0.2, -0.15) is 12.6 Å². The molecule has 0 fully saturated rings. The molecule has 0 saturated heterocycles. The van der Waals surface area contributed by atoms with Crippen molar-refractivity contribution in [2.24, 2.45) is 0 Å². The highest BCUT2D eigenvalue weighted by Gasteiger charge is 2.09. The first-order valence-electron chi connectivity index (χ1n) is 4.63. The first-order valence-corrected chi connectivity index (χ1v) is 5.26. The molecule has 0 aromatic heterocycles. The molecular formula is C11H15FOS. The fourth-order valence-electron chi connectivity index (χ4n) is 1.42. The van der Waals surface area contributed by atoms with Gasteiger partial charge in [0.15, 0.2) is 0 Å². The predicted molar refractivity (Wildman–Crippen MR) is 59.9 cm³/mol. The number of ether oxygens (including phenoxy) is 1. The Morgan fingerprint density at radius 2 is 2.14 bits per heavy atom. The molecule has 0 aliphatic carbocycles. The summed E-state index contributed by atoms with van der Waals surface area (Å²) in [5.41, 5.74) is 1.54. The predicted octanol–water partition coefficient (Wildman–Crippen LogP) is 3.01. The Bertz CT molecular complexity index is 312. The molecule has 1 aromatic rings. The Hall–Kier alpha value is -0.700. The van der Waals surface area contributed by atoms with Crippen LogP contribution in [0.2, 0.25) is 0 Å². The van der Waals surface area contributed by atoms with E-state index in [1.165, 1.54) is 6.07 Å². The summed E-state index contributed by atoms with van der Waals surface area (Å²) in [4.78, 5) is 0. The van der Waals surface area contributed by atoms with E-state index in [4.69, 9.17) is 4.74 Å². The monoisotopic (exact) mass is 214 g/mol. The molecule has 1 rings (SSSR count). The van der Waals surface area contributed by atoms with E-state index in [1.807, 2.05) is 13.0 Å². The molecule has 1 aromatic carbocycles. The van der Waals surface area contributed by atoms with Crippen LogP contribution in [0.25, 0.3) is 0 Å². The second kappa shape index (κ2) is 5.25. The number of halogens is 1. The van der Waals surface area contributed by atoms with Gasteiger partial charge in [0.2, 0.25) is 0 Å². The van der Waals surface area contributed by atoms with E-state index in [0.29, 0.717) is 17.7 Å². The van der Waals surface area contributed by atoms with E-state index < -0.39 is 0 Å². The topological polar surface area (TPSA) is 9.23 Å². The van der Waals surface area contributed by atoms with Gasteiger partial charge in [-0.25, -0.2) is 4.39 Å². The van der Waals surface area contributed by atoms with Gasteiger partial charge in [-0.15, -0.1) is 0 Å². The first kappa shape index (κ1) is 11.4. The molecular weight excluding hydrogens is 199 g/mol. The number of aryl methyl sites for hydroxylation is 1. The van der Waals surface area contributed by atoms with Crippen molar-refractivity contribution in [1.82, 2.24) is 0 Å². The highest BCUT2D eigenvalue weighted by atomic mass is 32.1. The van der Waals surface area contributed by atoms with Crippen molar-refractivity contribution >= 4 is 12.6 Å². The Morgan fingerprint density at radius 3 is 2.71 bits per heavy atom. The van der Waals surface area contributed by atoms with Gasteiger partial charge in [-0.05, 0) is 43.2 Å². The lowest BCUT2D eigenvalue weighted by atomic mass is 10.1. The molecule has 1 nitrogen and oxygen atoms in total. The molecule has 0 N–H and O–H groups in total. The number of thiol groups is 1. The molecule has 0 aliphatic rings. The van der Waals surface area contributed by atoms with Gasteiger partial charge in [-0.1, -0.05) is 0 Å². The Kier molecular flexibility index (Phi) is 4.26. The van der Waals surface area contributed by atoms with Crippen LogP contribution < -0.4 is 4.74 Å². The molecule has 0 heterocycles. The van der Waals surface area contributed by atoms with E-state index in [2.05, 4.69) is 12.6 Å². The molecule has 0 atom stereocenters. The average Bonchev–Trinajstić information content (AvgIpc) is 2.15. The molecule has 0 amide bonds. The van der Waals surface area contributed by atoms with Crippen molar-refractivity contribution in [2.45, 2.75) is 19.8 Å². The van der Waals surface area contributed by atoms with Crippen LogP contribution in [-0.4, -0.2) is 12.9 Å². The summed E-state index contributed by atoms with van der Waals surface area (Å²) in [5.74, 6) is 1.23. The second-order valence-electron chi connectivity index (χ2n) is 3.25. The quantitative estimate of drug-likeness (QED) is 0.758. The number of benzene rings is 1. The molecule has 0 saturated carbocycles. The third-order valence-electron chi connectivity index (χ3n) is 2.10. The highest BCUT2D eigenvalue weighted by Crippen LogP contribution is 2.24. The average molecular weight is 214 g/mol. The summed E-state index contributed by atoms with van der Waals surface area (Å²) in [6.45, 7) is 1.86. The van der Waals surface area contributed by atoms with Crippen LogP contribution in [0.15, 0.2) is 12.1 Å². The summed E-state index contributed by atoms with van der Waals surface area (Å²) < 4.78 is 18.7. The molecule has 0 unspecified atom stereocenters. The van der Waals surface area contributed by atoms with E-state index in [1.54, 1.807) is 7.11 Å². The van der Waals surface area contributed by atoms with Crippen molar-refractivity contribution in [3.8, 4) is 5.75 Å². The largest absolute Gasteiger partial charge is 0.496 e. The summed E-state index contributed by atoms with van der Waals surface area (Å²) in [5, 5.41) is 0. The maximum atomic E-state index is 13.5. The highest BCUT2D eigenvalue weighted by molar-refractivity contribution is 7.80. The fraction of sp³-hybridized carbons (Fsp3) is 0.455. The Balaban J connectivity index is 2.99. The van der Waals surface area contributed by atoms with Crippen molar-refractivity contribution in [1.29, 1.82) is 0 Å². The van der Waals surface area contributed by atoms with Crippen molar-refractivity contribution in [3.63, 3.8) is 0 Å². The zero-order valence-electron chi connectivity index (χ0n) is 8.51. The maximum absolute atomic E-state index is 13.5. The number of hydrogen-bond acceptors (Lipinski definition) is 2. The van der Waals surface area contributed by atoms with Gasteiger partial charge in [0.1, 0.15) is 11.6 Å². The zero-order chi connectivity index (χ0) is 10.6. The van der Waals surface area contributed by atoms with Crippen LogP contribution >= 0.6 is 12.6 Å². The Labute approximate surface area is 89.7 Å². The van der Waals surface area contributed by atoms with Gasteiger partial charge in [0.05, 0.1) is 7.11 Å². The van der Waals surface area contributed by atoms with Crippen LogP contribution in [-0.2, 0) is 6.42 Å². The third kappa shape index (κ3) is 2.64. The van der Waals surface area contributed by atoms with Crippen molar-refractivity contribution in [3.05, 3.63) is 29.1 Å².